The van der Waals surface area contributed by atoms with Crippen molar-refractivity contribution in [1.82, 2.24) is 4.90 Å². The molecule has 4 rings (SSSR count). The molecule has 1 heterocycles. The van der Waals surface area contributed by atoms with Crippen molar-refractivity contribution in [3.63, 3.8) is 0 Å². The van der Waals surface area contributed by atoms with Crippen molar-refractivity contribution >= 4 is 11.6 Å². The molecule has 1 aliphatic heterocycles. The highest BCUT2D eigenvalue weighted by Crippen LogP contribution is 2.36. The van der Waals surface area contributed by atoms with Crippen molar-refractivity contribution in [2.75, 3.05) is 14.2 Å². The largest absolute Gasteiger partial charge is 0.497 e. The standard InChI is InChI=1S/C26H28ClNO3/c1-18-11-20-13-26(31-17-19-7-5-4-6-8-19)25(30-3)14-21(20)15-28(18)16-22-12-23(29-2)9-10-24(22)27/h4-10,12-14,18H,11,15-17H2,1-3H3. The van der Waals surface area contributed by atoms with Crippen LogP contribution in [0, 0.1) is 0 Å². The Labute approximate surface area is 189 Å². The number of fused-ring (bicyclic) bond motifs is 1. The Morgan fingerprint density at radius 2 is 1.71 bits per heavy atom. The Bertz CT molecular complexity index is 1040. The van der Waals surface area contributed by atoms with Crippen LogP contribution in [0.15, 0.2) is 60.7 Å². The number of rotatable bonds is 7. The number of benzene rings is 3. The van der Waals surface area contributed by atoms with E-state index in [0.29, 0.717) is 12.6 Å². The quantitative estimate of drug-likeness (QED) is 0.461. The first-order valence-electron chi connectivity index (χ1n) is 10.5. The molecule has 0 N–H and O–H groups in total. The van der Waals surface area contributed by atoms with Gasteiger partial charge in [0.2, 0.25) is 0 Å². The van der Waals surface area contributed by atoms with Gasteiger partial charge >= 0.3 is 0 Å². The molecule has 0 aromatic heterocycles. The van der Waals surface area contributed by atoms with Crippen LogP contribution in [0.1, 0.15) is 29.2 Å². The summed E-state index contributed by atoms with van der Waals surface area (Å²) in [6.45, 7) is 4.38. The van der Waals surface area contributed by atoms with Crippen molar-refractivity contribution in [2.24, 2.45) is 0 Å². The third kappa shape index (κ3) is 4.97. The van der Waals surface area contributed by atoms with Crippen LogP contribution < -0.4 is 14.2 Å². The van der Waals surface area contributed by atoms with Crippen molar-refractivity contribution in [2.45, 2.75) is 39.1 Å². The van der Waals surface area contributed by atoms with Gasteiger partial charge in [0, 0.05) is 24.2 Å². The van der Waals surface area contributed by atoms with Crippen molar-refractivity contribution in [3.8, 4) is 17.2 Å². The van der Waals surface area contributed by atoms with Crippen LogP contribution in [0.5, 0.6) is 17.2 Å². The van der Waals surface area contributed by atoms with E-state index < -0.39 is 0 Å². The zero-order valence-electron chi connectivity index (χ0n) is 18.2. The maximum absolute atomic E-state index is 6.46. The summed E-state index contributed by atoms with van der Waals surface area (Å²) in [6, 6.07) is 20.6. The summed E-state index contributed by atoms with van der Waals surface area (Å²) in [6.07, 6.45) is 0.947. The van der Waals surface area contributed by atoms with Crippen molar-refractivity contribution in [1.29, 1.82) is 0 Å². The number of hydrogen-bond acceptors (Lipinski definition) is 4. The molecule has 0 amide bonds. The number of hydrogen-bond donors (Lipinski definition) is 0. The number of nitrogens with zero attached hydrogens (tertiary/aromatic N) is 1. The molecule has 1 atom stereocenters. The number of halogens is 1. The van der Waals surface area contributed by atoms with Gasteiger partial charge in [0.1, 0.15) is 12.4 Å². The van der Waals surface area contributed by atoms with E-state index in [1.165, 1.54) is 11.1 Å². The highest BCUT2D eigenvalue weighted by atomic mass is 35.5. The first-order chi connectivity index (χ1) is 15.1. The van der Waals surface area contributed by atoms with Gasteiger partial charge in [-0.2, -0.15) is 0 Å². The summed E-state index contributed by atoms with van der Waals surface area (Å²) in [4.78, 5) is 2.44. The summed E-state index contributed by atoms with van der Waals surface area (Å²) in [5.41, 5.74) is 4.79. The Morgan fingerprint density at radius 1 is 0.935 bits per heavy atom. The second-order valence-electron chi connectivity index (χ2n) is 7.96. The molecule has 0 spiro atoms. The lowest BCUT2D eigenvalue weighted by atomic mass is 9.93. The van der Waals surface area contributed by atoms with Crippen molar-refractivity contribution in [3.05, 3.63) is 87.9 Å². The molecule has 3 aromatic carbocycles. The number of ether oxygens (including phenoxy) is 3. The second kappa shape index (κ2) is 9.63. The van der Waals surface area contributed by atoms with E-state index in [9.17, 15) is 0 Å². The third-order valence-electron chi connectivity index (χ3n) is 5.86. The summed E-state index contributed by atoms with van der Waals surface area (Å²) < 4.78 is 17.1. The smallest absolute Gasteiger partial charge is 0.161 e. The summed E-state index contributed by atoms with van der Waals surface area (Å²) >= 11 is 6.46. The Morgan fingerprint density at radius 3 is 2.45 bits per heavy atom. The first-order valence-corrected chi connectivity index (χ1v) is 10.9. The molecule has 3 aromatic rings. The Balaban J connectivity index is 1.53. The van der Waals surface area contributed by atoms with Gasteiger partial charge < -0.3 is 14.2 Å². The molecule has 0 aliphatic carbocycles. The molecular weight excluding hydrogens is 410 g/mol. The Kier molecular flexibility index (Phi) is 6.69. The van der Waals surface area contributed by atoms with E-state index in [0.717, 1.165) is 52.9 Å². The molecule has 0 bridgehead atoms. The molecule has 4 nitrogen and oxygen atoms in total. The lowest BCUT2D eigenvalue weighted by molar-refractivity contribution is 0.174. The maximum atomic E-state index is 6.46. The van der Waals surface area contributed by atoms with Crippen molar-refractivity contribution < 1.29 is 14.2 Å². The van der Waals surface area contributed by atoms with E-state index in [2.05, 4.69) is 36.1 Å². The maximum Gasteiger partial charge on any atom is 0.161 e. The van der Waals surface area contributed by atoms with Gasteiger partial charge in [0.15, 0.2) is 11.5 Å². The molecule has 0 saturated carbocycles. The van der Waals surface area contributed by atoms with Gasteiger partial charge in [0.05, 0.1) is 14.2 Å². The average Bonchev–Trinajstić information content (AvgIpc) is 2.79. The minimum atomic E-state index is 0.380. The minimum Gasteiger partial charge on any atom is -0.497 e. The summed E-state index contributed by atoms with van der Waals surface area (Å²) in [5.74, 6) is 2.39. The van der Waals surface area contributed by atoms with Crippen LogP contribution in [-0.2, 0) is 26.1 Å². The lowest BCUT2D eigenvalue weighted by Crippen LogP contribution is -2.37. The van der Waals surface area contributed by atoms with E-state index in [1.54, 1.807) is 14.2 Å². The monoisotopic (exact) mass is 437 g/mol. The lowest BCUT2D eigenvalue weighted by Gasteiger charge is -2.35. The van der Waals surface area contributed by atoms with Crippen LogP contribution in [0.3, 0.4) is 0 Å². The van der Waals surface area contributed by atoms with E-state index in [4.69, 9.17) is 25.8 Å². The van der Waals surface area contributed by atoms with Gasteiger partial charge in [0.25, 0.3) is 0 Å². The zero-order chi connectivity index (χ0) is 21.8. The minimum absolute atomic E-state index is 0.380. The van der Waals surface area contributed by atoms with Gasteiger partial charge in [-0.3, -0.25) is 4.90 Å². The van der Waals surface area contributed by atoms with E-state index in [1.807, 2.05) is 36.4 Å². The third-order valence-corrected chi connectivity index (χ3v) is 6.23. The van der Waals surface area contributed by atoms with Crippen LogP contribution in [0.25, 0.3) is 0 Å². The fraction of sp³-hybridized carbons (Fsp3) is 0.308. The second-order valence-corrected chi connectivity index (χ2v) is 8.37. The highest BCUT2D eigenvalue weighted by molar-refractivity contribution is 6.31. The van der Waals surface area contributed by atoms with Crippen LogP contribution in [0.4, 0.5) is 0 Å². The van der Waals surface area contributed by atoms with Gasteiger partial charge in [-0.05, 0) is 65.9 Å². The molecular formula is C26H28ClNO3. The highest BCUT2D eigenvalue weighted by Gasteiger charge is 2.25. The predicted octanol–water partition coefficient (Wildman–Crippen LogP) is 5.88. The van der Waals surface area contributed by atoms with Gasteiger partial charge in [-0.1, -0.05) is 41.9 Å². The van der Waals surface area contributed by atoms with Crippen LogP contribution in [0.2, 0.25) is 5.02 Å². The molecule has 31 heavy (non-hydrogen) atoms. The zero-order valence-corrected chi connectivity index (χ0v) is 19.0. The fourth-order valence-corrected chi connectivity index (χ4v) is 4.22. The molecule has 0 fully saturated rings. The summed E-state index contributed by atoms with van der Waals surface area (Å²) in [5, 5.41) is 0.765. The predicted molar refractivity (Wildman–Crippen MR) is 124 cm³/mol. The van der Waals surface area contributed by atoms with Gasteiger partial charge in [-0.15, -0.1) is 0 Å². The van der Waals surface area contributed by atoms with Crippen LogP contribution >= 0.6 is 11.6 Å². The average molecular weight is 438 g/mol. The first kappa shape index (κ1) is 21.5. The SMILES string of the molecule is COc1ccc(Cl)c(CN2Cc3cc(OC)c(OCc4ccccc4)cc3CC2C)c1. The van der Waals surface area contributed by atoms with Gasteiger partial charge in [-0.25, -0.2) is 0 Å². The molecule has 162 valence electrons. The topological polar surface area (TPSA) is 30.9 Å². The molecule has 5 heteroatoms. The molecule has 1 unspecified atom stereocenters. The molecule has 0 saturated heterocycles. The fourth-order valence-electron chi connectivity index (χ4n) is 4.04. The Hall–Kier alpha value is -2.69. The van der Waals surface area contributed by atoms with E-state index in [-0.39, 0.29) is 0 Å². The number of methoxy groups -OCH3 is 2. The molecule has 0 radical (unpaired) electrons. The summed E-state index contributed by atoms with van der Waals surface area (Å²) in [7, 11) is 3.37. The van der Waals surface area contributed by atoms with Crippen LogP contribution in [-0.4, -0.2) is 25.2 Å². The van der Waals surface area contributed by atoms with E-state index >= 15 is 0 Å². The normalized spacial score (nSPS) is 15.9. The molecule has 1 aliphatic rings.